The number of aliphatic hydroxyl groups is 1. The van der Waals surface area contributed by atoms with E-state index in [-0.39, 0.29) is 25.7 Å². The van der Waals surface area contributed by atoms with E-state index in [1.54, 1.807) is 0 Å². The van der Waals surface area contributed by atoms with Crippen molar-refractivity contribution in [3.63, 3.8) is 0 Å². The minimum absolute atomic E-state index is 0.107. The van der Waals surface area contributed by atoms with Crippen LogP contribution in [0.3, 0.4) is 0 Å². The Kier molecular flexibility index (Phi) is 68.7. The standard InChI is InChI=1S/C77H150O17P2/c1-6-9-12-15-18-21-23-24-25-26-27-28-31-35-39-43-48-53-58-63-77(82)94-73(67-88-75(80)61-56-51-46-41-38-34-32-29-30-33-37-40-44-49-54-59-70(4)5)69-92-96(85,86)90-65-71(78)64-89-95(83,84)91-68-72(66-87-74(79)60-55-50-45-20-17-14-11-8-3)93-76(81)62-57-52-47-42-36-22-19-16-13-10-7-2/h70-73,78H,6-69H2,1-5H3,(H,83,84)(H,85,86)/t71-,72+,73+/m0/s1. The van der Waals surface area contributed by atoms with Crippen LogP contribution in [0.4, 0.5) is 0 Å². The van der Waals surface area contributed by atoms with E-state index in [1.807, 2.05) is 0 Å². The number of hydrogen-bond donors (Lipinski definition) is 3. The molecule has 3 N–H and O–H groups in total. The van der Waals surface area contributed by atoms with Gasteiger partial charge >= 0.3 is 39.5 Å². The first-order chi connectivity index (χ1) is 46.5. The number of ether oxygens (including phenoxy) is 4. The topological polar surface area (TPSA) is 237 Å². The van der Waals surface area contributed by atoms with Crippen LogP contribution in [0.15, 0.2) is 0 Å². The molecule has 19 heteroatoms. The molecule has 0 fully saturated rings. The third-order valence-electron chi connectivity index (χ3n) is 18.0. The van der Waals surface area contributed by atoms with Crippen molar-refractivity contribution in [3.05, 3.63) is 0 Å². The number of esters is 4. The Balaban J connectivity index is 5.19. The Bertz CT molecular complexity index is 1840. The van der Waals surface area contributed by atoms with Crippen LogP contribution in [-0.2, 0) is 65.4 Å². The Hall–Kier alpha value is -1.94. The van der Waals surface area contributed by atoms with Crippen LogP contribution >= 0.6 is 15.6 Å². The van der Waals surface area contributed by atoms with Gasteiger partial charge in [0.25, 0.3) is 0 Å². The van der Waals surface area contributed by atoms with Crippen molar-refractivity contribution < 1.29 is 80.2 Å². The van der Waals surface area contributed by atoms with Crippen molar-refractivity contribution in [1.82, 2.24) is 0 Å². The number of carbonyl (C=O) groups is 4. The molecule has 0 aromatic rings. The summed E-state index contributed by atoms with van der Waals surface area (Å²) in [7, 11) is -9.91. The van der Waals surface area contributed by atoms with Gasteiger partial charge in [-0.15, -0.1) is 0 Å². The quantitative estimate of drug-likeness (QED) is 0.0222. The summed E-state index contributed by atoms with van der Waals surface area (Å²) in [5.74, 6) is -1.31. The lowest BCUT2D eigenvalue weighted by atomic mass is 10.0. The van der Waals surface area contributed by atoms with E-state index in [9.17, 15) is 43.2 Å². The predicted octanol–water partition coefficient (Wildman–Crippen LogP) is 22.9. The summed E-state index contributed by atoms with van der Waals surface area (Å²) in [6.07, 6.45) is 59.7. The van der Waals surface area contributed by atoms with Crippen molar-refractivity contribution in [2.45, 2.75) is 425 Å². The lowest BCUT2D eigenvalue weighted by molar-refractivity contribution is -0.161. The second-order valence-corrected chi connectivity index (χ2v) is 31.1. The maximum absolute atomic E-state index is 13.1. The highest BCUT2D eigenvalue weighted by Crippen LogP contribution is 2.45. The summed E-state index contributed by atoms with van der Waals surface area (Å²) >= 11 is 0. The van der Waals surface area contributed by atoms with Crippen molar-refractivity contribution in [1.29, 1.82) is 0 Å². The highest BCUT2D eigenvalue weighted by atomic mass is 31.2. The third kappa shape index (κ3) is 70.5. The van der Waals surface area contributed by atoms with Gasteiger partial charge < -0.3 is 33.8 Å². The number of unbranched alkanes of at least 4 members (excludes halogenated alkanes) is 49. The highest BCUT2D eigenvalue weighted by molar-refractivity contribution is 7.47. The molecule has 0 aliphatic carbocycles. The molecule has 0 bridgehead atoms. The second-order valence-electron chi connectivity index (χ2n) is 28.2. The zero-order valence-electron chi connectivity index (χ0n) is 62.5. The minimum atomic E-state index is -4.96. The maximum Gasteiger partial charge on any atom is 0.472 e. The van der Waals surface area contributed by atoms with Crippen LogP contribution in [-0.4, -0.2) is 96.7 Å². The van der Waals surface area contributed by atoms with E-state index in [0.29, 0.717) is 25.7 Å². The van der Waals surface area contributed by atoms with E-state index in [4.69, 9.17) is 37.0 Å². The largest absolute Gasteiger partial charge is 0.472 e. The normalized spacial score (nSPS) is 13.9. The second kappa shape index (κ2) is 70.1. The van der Waals surface area contributed by atoms with Crippen molar-refractivity contribution in [2.75, 3.05) is 39.6 Å². The van der Waals surface area contributed by atoms with E-state index in [0.717, 1.165) is 102 Å². The summed E-state index contributed by atoms with van der Waals surface area (Å²) in [5, 5.41) is 10.6. The van der Waals surface area contributed by atoms with Crippen LogP contribution in [0, 0.1) is 5.92 Å². The van der Waals surface area contributed by atoms with Gasteiger partial charge in [0.2, 0.25) is 0 Å². The number of aliphatic hydroxyl groups excluding tert-OH is 1. The monoisotopic (exact) mass is 1410 g/mol. The third-order valence-corrected chi connectivity index (χ3v) is 19.9. The van der Waals surface area contributed by atoms with Crippen LogP contribution in [0.25, 0.3) is 0 Å². The fourth-order valence-corrected chi connectivity index (χ4v) is 13.5. The predicted molar refractivity (Wildman–Crippen MR) is 391 cm³/mol. The summed E-state index contributed by atoms with van der Waals surface area (Å²) in [6.45, 7) is 7.30. The molecule has 17 nitrogen and oxygen atoms in total. The van der Waals surface area contributed by atoms with Gasteiger partial charge in [-0.05, 0) is 31.6 Å². The molecule has 0 saturated heterocycles. The molecule has 5 atom stereocenters. The molecular weight excluding hydrogens is 1260 g/mol. The van der Waals surface area contributed by atoms with E-state index < -0.39 is 97.5 Å². The van der Waals surface area contributed by atoms with Gasteiger partial charge in [-0.2, -0.15) is 0 Å². The molecule has 0 aromatic heterocycles. The SMILES string of the molecule is CCCCCCCCCCCCCCCCCCCCCC(=O)O[C@H](COC(=O)CCCCCCCCCCCCCCCCCC(C)C)COP(=O)(O)OC[C@@H](O)COP(=O)(O)OC[C@@H](COC(=O)CCCCCCCCCC)OC(=O)CCCCCCCCCCCCC. The summed E-state index contributed by atoms with van der Waals surface area (Å²) < 4.78 is 68.5. The molecule has 0 heterocycles. The molecule has 0 amide bonds. The van der Waals surface area contributed by atoms with Gasteiger partial charge in [0, 0.05) is 25.7 Å². The highest BCUT2D eigenvalue weighted by Gasteiger charge is 2.30. The molecule has 0 aliphatic heterocycles. The Labute approximate surface area is 588 Å². The Morgan fingerprint density at radius 2 is 0.479 bits per heavy atom. The smallest absolute Gasteiger partial charge is 0.462 e. The van der Waals surface area contributed by atoms with Gasteiger partial charge in [-0.25, -0.2) is 9.13 Å². The number of phosphoric ester groups is 2. The van der Waals surface area contributed by atoms with Crippen LogP contribution in [0.1, 0.15) is 407 Å². The number of phosphoric acid groups is 2. The van der Waals surface area contributed by atoms with Gasteiger partial charge in [0.1, 0.15) is 19.3 Å². The van der Waals surface area contributed by atoms with Crippen molar-refractivity contribution >= 4 is 39.5 Å². The molecule has 0 aromatic carbocycles. The molecule has 0 rings (SSSR count). The van der Waals surface area contributed by atoms with Crippen LogP contribution in [0.5, 0.6) is 0 Å². The Morgan fingerprint density at radius 3 is 0.708 bits per heavy atom. The van der Waals surface area contributed by atoms with E-state index in [1.165, 1.54) is 225 Å². The number of carbonyl (C=O) groups excluding carboxylic acids is 4. The van der Waals surface area contributed by atoms with Crippen LogP contribution < -0.4 is 0 Å². The molecule has 0 saturated carbocycles. The summed E-state index contributed by atoms with van der Waals surface area (Å²) in [5.41, 5.74) is 0. The summed E-state index contributed by atoms with van der Waals surface area (Å²) in [6, 6.07) is 0. The van der Waals surface area contributed by atoms with Crippen molar-refractivity contribution in [3.8, 4) is 0 Å². The first-order valence-electron chi connectivity index (χ1n) is 40.1. The molecule has 2 unspecified atom stereocenters. The Morgan fingerprint density at radius 1 is 0.281 bits per heavy atom. The maximum atomic E-state index is 13.1. The van der Waals surface area contributed by atoms with E-state index >= 15 is 0 Å². The van der Waals surface area contributed by atoms with Gasteiger partial charge in [0.05, 0.1) is 26.4 Å². The van der Waals surface area contributed by atoms with Crippen LogP contribution in [0.2, 0.25) is 0 Å². The minimum Gasteiger partial charge on any atom is -0.462 e. The van der Waals surface area contributed by atoms with Crippen molar-refractivity contribution in [2.24, 2.45) is 5.92 Å². The first-order valence-corrected chi connectivity index (χ1v) is 43.1. The number of rotatable bonds is 77. The van der Waals surface area contributed by atoms with E-state index in [2.05, 4.69) is 34.6 Å². The first kappa shape index (κ1) is 94.1. The van der Waals surface area contributed by atoms with Gasteiger partial charge in [-0.3, -0.25) is 37.3 Å². The molecule has 0 spiro atoms. The average Bonchev–Trinajstić information content (AvgIpc) is 1.18. The molecule has 0 radical (unpaired) electrons. The van der Waals surface area contributed by atoms with Gasteiger partial charge in [-0.1, -0.05) is 356 Å². The zero-order chi connectivity index (χ0) is 70.5. The molecule has 96 heavy (non-hydrogen) atoms. The molecular formula is C77H150O17P2. The van der Waals surface area contributed by atoms with Gasteiger partial charge in [0.15, 0.2) is 12.2 Å². The lowest BCUT2D eigenvalue weighted by Crippen LogP contribution is -2.30. The molecule has 570 valence electrons. The summed E-state index contributed by atoms with van der Waals surface area (Å²) in [4.78, 5) is 72.7. The zero-order valence-corrected chi connectivity index (χ0v) is 64.3. The fourth-order valence-electron chi connectivity index (χ4n) is 11.9. The molecule has 0 aliphatic rings. The lowest BCUT2D eigenvalue weighted by Gasteiger charge is -2.21. The fraction of sp³-hybridized carbons (Fsp3) is 0.948. The number of hydrogen-bond acceptors (Lipinski definition) is 15. The average molecular weight is 1410 g/mol.